The molecule has 0 aromatic heterocycles. The smallest absolute Gasteiger partial charge is 0.227 e. The highest BCUT2D eigenvalue weighted by atomic mass is 16.2. The highest BCUT2D eigenvalue weighted by molar-refractivity contribution is 5.83. The van der Waals surface area contributed by atoms with Crippen molar-refractivity contribution in [3.63, 3.8) is 0 Å². The van der Waals surface area contributed by atoms with Crippen LogP contribution in [0.1, 0.15) is 0 Å². The Morgan fingerprint density at radius 1 is 1.40 bits per heavy atom. The Bertz CT molecular complexity index is 217. The summed E-state index contributed by atoms with van der Waals surface area (Å²) in [7, 11) is 0. The van der Waals surface area contributed by atoms with Gasteiger partial charge in [-0.3, -0.25) is 4.79 Å². The van der Waals surface area contributed by atoms with Crippen molar-refractivity contribution in [1.29, 1.82) is 0 Å². The fourth-order valence-corrected chi connectivity index (χ4v) is 1.47. The first-order valence-corrected chi connectivity index (χ1v) is 3.50. The molecule has 1 amide bonds. The van der Waals surface area contributed by atoms with Crippen LogP contribution in [0, 0.1) is 11.8 Å². The van der Waals surface area contributed by atoms with Gasteiger partial charge in [0.05, 0.1) is 5.92 Å². The van der Waals surface area contributed by atoms with E-state index in [2.05, 4.69) is 11.4 Å². The first-order chi connectivity index (χ1) is 4.88. The third-order valence-corrected chi connectivity index (χ3v) is 2.06. The summed E-state index contributed by atoms with van der Waals surface area (Å²) in [5, 5.41) is 2.82. The number of hydrogen-bond donors (Lipinski definition) is 1. The maximum atomic E-state index is 11.0. The minimum absolute atomic E-state index is 0.116. The molecule has 2 rings (SSSR count). The Morgan fingerprint density at radius 2 is 2.20 bits per heavy atom. The fraction of sp³-hybridized carbons (Fsp3) is 0.375. The average Bonchev–Trinajstić information content (AvgIpc) is 2.34. The van der Waals surface area contributed by atoms with E-state index in [0.29, 0.717) is 5.92 Å². The molecule has 1 aliphatic carbocycles. The number of allylic oxidation sites excluding steroid dienone is 2. The predicted molar refractivity (Wildman–Crippen MR) is 38.3 cm³/mol. The average molecular weight is 135 g/mol. The topological polar surface area (TPSA) is 29.1 Å². The van der Waals surface area contributed by atoms with Gasteiger partial charge in [0.15, 0.2) is 0 Å². The molecule has 2 atom stereocenters. The molecular weight excluding hydrogens is 126 g/mol. The van der Waals surface area contributed by atoms with Crippen molar-refractivity contribution >= 4 is 5.91 Å². The second-order valence-electron chi connectivity index (χ2n) is 2.70. The quantitative estimate of drug-likeness (QED) is 0.514. The first-order valence-electron chi connectivity index (χ1n) is 3.50. The monoisotopic (exact) mass is 135 g/mol. The molecule has 0 bridgehead atoms. The maximum absolute atomic E-state index is 11.0. The lowest BCUT2D eigenvalue weighted by Crippen LogP contribution is -2.18. The van der Waals surface area contributed by atoms with Gasteiger partial charge in [0.25, 0.3) is 0 Å². The maximum Gasteiger partial charge on any atom is 0.227 e. The van der Waals surface area contributed by atoms with Crippen molar-refractivity contribution in [3.05, 3.63) is 24.3 Å². The van der Waals surface area contributed by atoms with E-state index in [4.69, 9.17) is 0 Å². The number of amides is 1. The van der Waals surface area contributed by atoms with Gasteiger partial charge < -0.3 is 5.32 Å². The minimum Gasteiger partial charge on any atom is -0.355 e. The van der Waals surface area contributed by atoms with Crippen molar-refractivity contribution in [2.45, 2.75) is 0 Å². The highest BCUT2D eigenvalue weighted by Gasteiger charge is 2.31. The largest absolute Gasteiger partial charge is 0.355 e. The summed E-state index contributed by atoms with van der Waals surface area (Å²) in [5.74, 6) is 0.702. The molecule has 0 aromatic rings. The summed E-state index contributed by atoms with van der Waals surface area (Å²) in [6.07, 6.45) is 7.99. The zero-order valence-corrected chi connectivity index (χ0v) is 5.58. The molecule has 1 fully saturated rings. The number of fused-ring (bicyclic) bond motifs is 1. The molecule has 52 valence electrons. The number of hydrogen-bond acceptors (Lipinski definition) is 1. The van der Waals surface area contributed by atoms with Crippen LogP contribution in [0.2, 0.25) is 0 Å². The Morgan fingerprint density at radius 3 is 3.00 bits per heavy atom. The third kappa shape index (κ3) is 0.685. The van der Waals surface area contributed by atoms with Crippen LogP contribution in [0.25, 0.3) is 0 Å². The standard InChI is InChI=1S/C8H9NO/c10-8-7-4-2-1-3-6(7)5-9-8/h1-4,6-7H,5H2,(H,9,10). The highest BCUT2D eigenvalue weighted by Crippen LogP contribution is 2.23. The normalized spacial score (nSPS) is 35.8. The second-order valence-corrected chi connectivity index (χ2v) is 2.70. The Labute approximate surface area is 59.6 Å². The molecule has 1 heterocycles. The summed E-state index contributed by atoms with van der Waals surface area (Å²) in [6, 6.07) is 0. The number of nitrogens with one attached hydrogen (secondary N) is 1. The summed E-state index contributed by atoms with van der Waals surface area (Å²) in [6.45, 7) is 0.810. The van der Waals surface area contributed by atoms with E-state index in [1.807, 2.05) is 18.2 Å². The third-order valence-electron chi connectivity index (χ3n) is 2.06. The van der Waals surface area contributed by atoms with Gasteiger partial charge in [0, 0.05) is 12.5 Å². The molecular formula is C8H9NO. The molecule has 2 aliphatic rings. The van der Waals surface area contributed by atoms with Crippen LogP contribution >= 0.6 is 0 Å². The van der Waals surface area contributed by atoms with Crippen LogP contribution in [0.5, 0.6) is 0 Å². The zero-order valence-electron chi connectivity index (χ0n) is 5.58. The minimum atomic E-state index is 0.116. The molecule has 1 N–H and O–H groups in total. The van der Waals surface area contributed by atoms with E-state index in [-0.39, 0.29) is 11.8 Å². The van der Waals surface area contributed by atoms with Gasteiger partial charge in [0.2, 0.25) is 5.91 Å². The van der Waals surface area contributed by atoms with E-state index < -0.39 is 0 Å². The summed E-state index contributed by atoms with van der Waals surface area (Å²) < 4.78 is 0. The van der Waals surface area contributed by atoms with Crippen molar-refractivity contribution in [2.75, 3.05) is 6.54 Å². The van der Waals surface area contributed by atoms with Crippen LogP contribution in [0.3, 0.4) is 0 Å². The Balaban J connectivity index is 2.27. The van der Waals surface area contributed by atoms with Crippen molar-refractivity contribution in [2.24, 2.45) is 11.8 Å². The van der Waals surface area contributed by atoms with Crippen LogP contribution in [-0.2, 0) is 4.79 Å². The van der Waals surface area contributed by atoms with Crippen LogP contribution in [0.4, 0.5) is 0 Å². The van der Waals surface area contributed by atoms with Gasteiger partial charge in [-0.1, -0.05) is 24.3 Å². The summed E-state index contributed by atoms with van der Waals surface area (Å²) >= 11 is 0. The molecule has 0 spiro atoms. The van der Waals surface area contributed by atoms with Gasteiger partial charge in [0.1, 0.15) is 0 Å². The molecule has 1 aliphatic heterocycles. The van der Waals surface area contributed by atoms with Crippen LogP contribution in [-0.4, -0.2) is 12.5 Å². The van der Waals surface area contributed by atoms with Gasteiger partial charge >= 0.3 is 0 Å². The molecule has 1 saturated heterocycles. The molecule has 2 unspecified atom stereocenters. The van der Waals surface area contributed by atoms with E-state index in [1.165, 1.54) is 0 Å². The number of carbonyl (C=O) groups is 1. The first kappa shape index (κ1) is 5.71. The molecule has 0 saturated carbocycles. The van der Waals surface area contributed by atoms with Gasteiger partial charge in [-0.15, -0.1) is 0 Å². The Kier molecular flexibility index (Phi) is 1.13. The lowest BCUT2D eigenvalue weighted by atomic mass is 9.92. The fourth-order valence-electron chi connectivity index (χ4n) is 1.47. The molecule has 0 aromatic carbocycles. The van der Waals surface area contributed by atoms with E-state index in [9.17, 15) is 4.79 Å². The number of carbonyl (C=O) groups excluding carboxylic acids is 1. The van der Waals surface area contributed by atoms with Crippen LogP contribution < -0.4 is 5.32 Å². The molecule has 2 nitrogen and oxygen atoms in total. The van der Waals surface area contributed by atoms with E-state index in [0.717, 1.165) is 6.54 Å². The molecule has 2 heteroatoms. The predicted octanol–water partition coefficient (Wildman–Crippen LogP) is 0.475. The van der Waals surface area contributed by atoms with Crippen molar-refractivity contribution < 1.29 is 4.79 Å². The van der Waals surface area contributed by atoms with Crippen molar-refractivity contribution in [1.82, 2.24) is 5.32 Å². The zero-order chi connectivity index (χ0) is 6.97. The molecule has 0 radical (unpaired) electrons. The summed E-state index contributed by atoms with van der Waals surface area (Å²) in [5.41, 5.74) is 0. The number of rotatable bonds is 0. The van der Waals surface area contributed by atoms with Gasteiger partial charge in [-0.25, -0.2) is 0 Å². The van der Waals surface area contributed by atoms with Crippen LogP contribution in [0.15, 0.2) is 24.3 Å². The summed E-state index contributed by atoms with van der Waals surface area (Å²) in [4.78, 5) is 11.0. The molecule has 10 heavy (non-hydrogen) atoms. The SMILES string of the molecule is O=C1NCC2C=CC=CC12. The van der Waals surface area contributed by atoms with Gasteiger partial charge in [-0.05, 0) is 0 Å². The van der Waals surface area contributed by atoms with E-state index in [1.54, 1.807) is 0 Å². The van der Waals surface area contributed by atoms with E-state index >= 15 is 0 Å². The lowest BCUT2D eigenvalue weighted by molar-refractivity contribution is -0.121. The van der Waals surface area contributed by atoms with Gasteiger partial charge in [-0.2, -0.15) is 0 Å². The van der Waals surface area contributed by atoms with Crippen molar-refractivity contribution in [3.8, 4) is 0 Å². The Hall–Kier alpha value is -1.05. The second kappa shape index (κ2) is 1.97. The lowest BCUT2D eigenvalue weighted by Gasteiger charge is -2.09.